The van der Waals surface area contributed by atoms with E-state index in [1.54, 1.807) is 31.3 Å². The molecule has 1 N–H and O–H groups in total. The van der Waals surface area contributed by atoms with E-state index in [-0.39, 0.29) is 7.40 Å². The molecule has 0 aromatic carbocycles. The number of ether oxygens (including phenoxy) is 1. The van der Waals surface area contributed by atoms with E-state index in [1.807, 2.05) is 0 Å². The van der Waals surface area contributed by atoms with Gasteiger partial charge in [-0.3, -0.25) is 0 Å². The van der Waals surface area contributed by atoms with Crippen LogP contribution in [0.1, 0.15) is 25.2 Å². The lowest BCUT2D eigenvalue weighted by Gasteiger charge is -1.95. The number of H-pyrrole nitrogens is 1. The molecule has 0 radical (unpaired) electrons. The van der Waals surface area contributed by atoms with Gasteiger partial charge >= 0.3 is 5.97 Å². The molecule has 1 heterocycles. The minimum absolute atomic E-state index is 0. The molecule has 0 unspecified atom stereocenters. The summed E-state index contributed by atoms with van der Waals surface area (Å²) in [6.07, 6.45) is 8.31. The standard InChI is InChI=1S/C13H15NO2.H2/c1-4-11-10(9-14-12(11)5-2)7-8-13(15)16-6-3;/h4-5,7-9,14H,1-2,6H2,3H3;1H/b8-7-;. The summed E-state index contributed by atoms with van der Waals surface area (Å²) in [5.74, 6) is -0.348. The van der Waals surface area contributed by atoms with Gasteiger partial charge in [0.25, 0.3) is 0 Å². The first kappa shape index (κ1) is 12.0. The number of carbonyl (C=O) groups excluding carboxylic acids is 1. The van der Waals surface area contributed by atoms with Crippen LogP contribution < -0.4 is 0 Å². The maximum absolute atomic E-state index is 11.1. The number of esters is 1. The maximum Gasteiger partial charge on any atom is 0.330 e. The maximum atomic E-state index is 11.1. The van der Waals surface area contributed by atoms with Crippen molar-refractivity contribution in [1.82, 2.24) is 4.98 Å². The van der Waals surface area contributed by atoms with Crippen LogP contribution >= 0.6 is 0 Å². The highest BCUT2D eigenvalue weighted by atomic mass is 16.5. The Morgan fingerprint density at radius 2 is 2.31 bits per heavy atom. The predicted octanol–water partition coefficient (Wildman–Crippen LogP) is 3.12. The number of hydrogen-bond donors (Lipinski definition) is 1. The molecule has 0 saturated carbocycles. The molecule has 0 aliphatic carbocycles. The molecule has 1 aromatic rings. The van der Waals surface area contributed by atoms with Gasteiger partial charge in [0.2, 0.25) is 0 Å². The number of hydrogen-bond acceptors (Lipinski definition) is 2. The van der Waals surface area contributed by atoms with Crippen LogP contribution in [0.4, 0.5) is 0 Å². The molecule has 3 heteroatoms. The van der Waals surface area contributed by atoms with E-state index in [0.717, 1.165) is 16.8 Å². The van der Waals surface area contributed by atoms with E-state index in [4.69, 9.17) is 4.74 Å². The van der Waals surface area contributed by atoms with Gasteiger partial charge < -0.3 is 9.72 Å². The number of nitrogens with one attached hydrogen (secondary N) is 1. The van der Waals surface area contributed by atoms with Gasteiger partial charge in [-0.25, -0.2) is 4.79 Å². The van der Waals surface area contributed by atoms with Crippen LogP contribution in [0.25, 0.3) is 18.2 Å². The lowest BCUT2D eigenvalue weighted by Crippen LogP contribution is -1.98. The highest BCUT2D eigenvalue weighted by molar-refractivity contribution is 5.88. The average Bonchev–Trinajstić information content (AvgIpc) is 2.68. The second-order valence-electron chi connectivity index (χ2n) is 3.06. The summed E-state index contributed by atoms with van der Waals surface area (Å²) in [6.45, 7) is 9.55. The van der Waals surface area contributed by atoms with Crippen molar-refractivity contribution in [2.24, 2.45) is 0 Å². The highest BCUT2D eigenvalue weighted by Gasteiger charge is 2.03. The normalized spacial score (nSPS) is 10.3. The zero-order chi connectivity index (χ0) is 12.0. The number of aromatic nitrogens is 1. The van der Waals surface area contributed by atoms with Crippen molar-refractivity contribution < 1.29 is 11.0 Å². The Morgan fingerprint density at radius 3 is 2.88 bits per heavy atom. The zero-order valence-electron chi connectivity index (χ0n) is 9.32. The van der Waals surface area contributed by atoms with Crippen LogP contribution in [0, 0.1) is 0 Å². The molecular weight excluding hydrogens is 202 g/mol. The molecule has 0 aliphatic rings. The van der Waals surface area contributed by atoms with Crippen LogP contribution in [-0.2, 0) is 9.53 Å². The van der Waals surface area contributed by atoms with Crippen molar-refractivity contribution in [3.63, 3.8) is 0 Å². The first-order chi connectivity index (χ1) is 7.72. The van der Waals surface area contributed by atoms with Gasteiger partial charge in [-0.15, -0.1) is 0 Å². The van der Waals surface area contributed by atoms with E-state index in [2.05, 4.69) is 18.1 Å². The van der Waals surface area contributed by atoms with E-state index < -0.39 is 0 Å². The molecule has 0 bridgehead atoms. The Hall–Kier alpha value is -2.03. The van der Waals surface area contributed by atoms with Crippen LogP contribution in [0.5, 0.6) is 0 Å². The molecule has 0 saturated heterocycles. The van der Waals surface area contributed by atoms with E-state index >= 15 is 0 Å². The molecule has 0 amide bonds. The molecule has 0 atom stereocenters. The number of rotatable bonds is 5. The smallest absolute Gasteiger partial charge is 0.330 e. The minimum atomic E-state index is -0.348. The molecule has 1 aromatic heterocycles. The first-order valence-electron chi connectivity index (χ1n) is 5.04. The van der Waals surface area contributed by atoms with Crippen molar-refractivity contribution >= 4 is 24.2 Å². The van der Waals surface area contributed by atoms with Gasteiger partial charge in [-0.1, -0.05) is 19.2 Å². The Morgan fingerprint density at radius 1 is 1.56 bits per heavy atom. The second kappa shape index (κ2) is 5.75. The van der Waals surface area contributed by atoms with Crippen LogP contribution in [0.15, 0.2) is 25.4 Å². The summed E-state index contributed by atoms with van der Waals surface area (Å²) in [5.41, 5.74) is 2.70. The molecule has 0 spiro atoms. The van der Waals surface area contributed by atoms with Crippen molar-refractivity contribution in [1.29, 1.82) is 0 Å². The van der Waals surface area contributed by atoms with Crippen molar-refractivity contribution in [3.05, 3.63) is 42.3 Å². The Balaban J connectivity index is 0.00000256. The Bertz CT molecular complexity index is 433. The predicted molar refractivity (Wildman–Crippen MR) is 68.8 cm³/mol. The number of aromatic amines is 1. The van der Waals surface area contributed by atoms with Gasteiger partial charge in [-0.2, -0.15) is 0 Å². The Kier molecular flexibility index (Phi) is 4.33. The molecule has 1 rings (SSSR count). The van der Waals surface area contributed by atoms with Crippen molar-refractivity contribution in [2.75, 3.05) is 6.61 Å². The van der Waals surface area contributed by atoms with Crippen molar-refractivity contribution in [2.45, 2.75) is 6.92 Å². The van der Waals surface area contributed by atoms with E-state index in [0.29, 0.717) is 6.61 Å². The van der Waals surface area contributed by atoms with Gasteiger partial charge in [-0.05, 0) is 24.6 Å². The quantitative estimate of drug-likeness (QED) is 0.610. The first-order valence-corrected chi connectivity index (χ1v) is 5.04. The fourth-order valence-corrected chi connectivity index (χ4v) is 1.35. The second-order valence-corrected chi connectivity index (χ2v) is 3.06. The van der Waals surface area contributed by atoms with Crippen LogP contribution in [-0.4, -0.2) is 17.6 Å². The average molecular weight is 219 g/mol. The monoisotopic (exact) mass is 219 g/mol. The zero-order valence-corrected chi connectivity index (χ0v) is 9.32. The molecular formula is C13H17NO2. The largest absolute Gasteiger partial charge is 0.463 e. The lowest BCUT2D eigenvalue weighted by atomic mass is 10.1. The Labute approximate surface area is 96.6 Å². The van der Waals surface area contributed by atoms with Gasteiger partial charge in [0.05, 0.1) is 6.61 Å². The topological polar surface area (TPSA) is 42.1 Å². The SMILES string of the molecule is C=Cc1[nH]cc(/C=C\C(=O)OCC)c1C=C.[HH]. The van der Waals surface area contributed by atoms with Gasteiger partial charge in [0.1, 0.15) is 0 Å². The third-order valence-electron chi connectivity index (χ3n) is 2.08. The summed E-state index contributed by atoms with van der Waals surface area (Å²) in [5, 5.41) is 0. The van der Waals surface area contributed by atoms with Gasteiger partial charge in [0.15, 0.2) is 0 Å². The van der Waals surface area contributed by atoms with E-state index in [1.165, 1.54) is 6.08 Å². The number of carbonyl (C=O) groups is 1. The summed E-state index contributed by atoms with van der Waals surface area (Å²) in [4.78, 5) is 14.2. The third-order valence-corrected chi connectivity index (χ3v) is 2.08. The highest BCUT2D eigenvalue weighted by Crippen LogP contribution is 2.18. The van der Waals surface area contributed by atoms with Crippen LogP contribution in [0.2, 0.25) is 0 Å². The molecule has 86 valence electrons. The summed E-state index contributed by atoms with van der Waals surface area (Å²) >= 11 is 0. The lowest BCUT2D eigenvalue weighted by molar-refractivity contribution is -0.137. The molecule has 0 aliphatic heterocycles. The molecule has 0 fully saturated rings. The van der Waals surface area contributed by atoms with Gasteiger partial charge in [0, 0.05) is 25.0 Å². The fraction of sp³-hybridized carbons (Fsp3) is 0.154. The third kappa shape index (κ3) is 2.73. The summed E-state index contributed by atoms with van der Waals surface area (Å²) in [6, 6.07) is 0. The summed E-state index contributed by atoms with van der Waals surface area (Å²) < 4.78 is 4.79. The van der Waals surface area contributed by atoms with E-state index in [9.17, 15) is 4.79 Å². The van der Waals surface area contributed by atoms with Crippen molar-refractivity contribution in [3.8, 4) is 0 Å². The van der Waals surface area contributed by atoms with Crippen LogP contribution in [0.3, 0.4) is 0 Å². The molecule has 3 nitrogen and oxygen atoms in total. The molecule has 16 heavy (non-hydrogen) atoms. The minimum Gasteiger partial charge on any atom is -0.463 e. The fourth-order valence-electron chi connectivity index (χ4n) is 1.35. The summed E-state index contributed by atoms with van der Waals surface area (Å²) in [7, 11) is 0.